The van der Waals surface area contributed by atoms with E-state index in [0.717, 1.165) is 10.0 Å². The molecule has 0 bridgehead atoms. The van der Waals surface area contributed by atoms with Gasteiger partial charge >= 0.3 is 0 Å². The number of aliphatic imine (C=N–C) groups is 1. The second kappa shape index (κ2) is 8.03. The minimum Gasteiger partial charge on any atom is -0.271 e. The van der Waals surface area contributed by atoms with E-state index in [9.17, 15) is 9.00 Å². The molecule has 1 aliphatic rings. The molecule has 3 rings (SSSR count). The third-order valence-corrected chi connectivity index (χ3v) is 6.40. The quantitative estimate of drug-likeness (QED) is 0.592. The van der Waals surface area contributed by atoms with E-state index in [1.54, 1.807) is 32.0 Å². The number of nitrogens with zero attached hydrogens (tertiary/aromatic N) is 2. The molecule has 1 aliphatic heterocycles. The molecular formula is C19H17BrCl2N2O2S. The number of carbonyl (C=O) groups is 1. The Morgan fingerprint density at radius 1 is 1.15 bits per heavy atom. The van der Waals surface area contributed by atoms with Crippen LogP contribution in [0.25, 0.3) is 0 Å². The fraction of sp³-hybridized carbons (Fsp3) is 0.263. The van der Waals surface area contributed by atoms with Gasteiger partial charge in [0.25, 0.3) is 5.91 Å². The summed E-state index contributed by atoms with van der Waals surface area (Å²) in [4.78, 5) is 19.3. The number of halogens is 3. The van der Waals surface area contributed by atoms with Crippen molar-refractivity contribution in [3.05, 3.63) is 62.5 Å². The summed E-state index contributed by atoms with van der Waals surface area (Å²) < 4.78 is 13.6. The highest BCUT2D eigenvalue weighted by Crippen LogP contribution is 2.34. The maximum absolute atomic E-state index is 13.3. The number of anilines is 1. The minimum atomic E-state index is -1.41. The monoisotopic (exact) mass is 486 g/mol. The molecule has 0 fully saturated rings. The number of benzene rings is 2. The number of amides is 1. The molecule has 8 heteroatoms. The summed E-state index contributed by atoms with van der Waals surface area (Å²) in [6.45, 7) is 3.55. The summed E-state index contributed by atoms with van der Waals surface area (Å²) in [5.41, 5.74) is 0.381. The van der Waals surface area contributed by atoms with Crippen molar-refractivity contribution in [2.75, 3.05) is 10.7 Å². The minimum absolute atomic E-state index is 0.237. The van der Waals surface area contributed by atoms with Crippen LogP contribution in [-0.2, 0) is 22.0 Å². The lowest BCUT2D eigenvalue weighted by molar-refractivity contribution is -0.121. The second-order valence-corrected chi connectivity index (χ2v) is 9.80. The Hall–Kier alpha value is -1.21. The molecule has 0 aromatic heterocycles. The van der Waals surface area contributed by atoms with Crippen molar-refractivity contribution in [3.63, 3.8) is 0 Å². The Morgan fingerprint density at radius 2 is 1.74 bits per heavy atom. The molecule has 2 aromatic carbocycles. The number of hydrogen-bond donors (Lipinski definition) is 0. The summed E-state index contributed by atoms with van der Waals surface area (Å²) in [5.74, 6) is 0.103. The first-order valence-electron chi connectivity index (χ1n) is 8.27. The molecular weight excluding hydrogens is 471 g/mol. The first kappa shape index (κ1) is 20.5. The molecule has 2 aromatic rings. The van der Waals surface area contributed by atoms with Crippen LogP contribution >= 0.6 is 39.1 Å². The summed E-state index contributed by atoms with van der Waals surface area (Å²) >= 11 is 15.6. The summed E-state index contributed by atoms with van der Waals surface area (Å²) in [6, 6.07) is 12.5. The van der Waals surface area contributed by atoms with E-state index in [0.29, 0.717) is 27.9 Å². The summed E-state index contributed by atoms with van der Waals surface area (Å²) in [5, 5.41) is 1.03. The van der Waals surface area contributed by atoms with Gasteiger partial charge in [0.15, 0.2) is 0 Å². The van der Waals surface area contributed by atoms with E-state index >= 15 is 0 Å². The van der Waals surface area contributed by atoms with Gasteiger partial charge in [-0.25, -0.2) is 4.99 Å². The van der Waals surface area contributed by atoms with E-state index in [2.05, 4.69) is 20.9 Å². The van der Waals surface area contributed by atoms with Crippen LogP contribution in [0.5, 0.6) is 0 Å². The van der Waals surface area contributed by atoms with Gasteiger partial charge in [0.1, 0.15) is 5.54 Å². The largest absolute Gasteiger partial charge is 0.271 e. The van der Waals surface area contributed by atoms with Crippen molar-refractivity contribution >= 4 is 66.7 Å². The van der Waals surface area contributed by atoms with Crippen molar-refractivity contribution in [3.8, 4) is 0 Å². The lowest BCUT2D eigenvalue weighted by atomic mass is 9.93. The Kier molecular flexibility index (Phi) is 6.11. The van der Waals surface area contributed by atoms with Crippen LogP contribution in [0.15, 0.2) is 51.9 Å². The van der Waals surface area contributed by atoms with E-state index in [1.807, 2.05) is 24.3 Å². The van der Waals surface area contributed by atoms with Crippen LogP contribution in [0.4, 0.5) is 5.69 Å². The fourth-order valence-electron chi connectivity index (χ4n) is 2.93. The van der Waals surface area contributed by atoms with Gasteiger partial charge in [0.05, 0.1) is 16.5 Å². The highest BCUT2D eigenvalue weighted by atomic mass is 79.9. The zero-order valence-electron chi connectivity index (χ0n) is 14.7. The molecule has 0 aliphatic carbocycles. The zero-order chi connectivity index (χ0) is 19.8. The summed E-state index contributed by atoms with van der Waals surface area (Å²) in [7, 11) is -1.41. The van der Waals surface area contributed by atoms with Crippen LogP contribution in [-0.4, -0.2) is 26.6 Å². The lowest BCUT2D eigenvalue weighted by Crippen LogP contribution is -2.43. The molecule has 0 saturated carbocycles. The molecule has 0 N–H and O–H groups in total. The maximum Gasteiger partial charge on any atom is 0.261 e. The first-order valence-corrected chi connectivity index (χ1v) is 11.1. The molecule has 1 heterocycles. The van der Waals surface area contributed by atoms with Crippen LogP contribution < -0.4 is 4.90 Å². The SMILES string of the molecule is CCS(=O)C1=N[C@](C)(Cc2ccc(Br)cc2)C(=O)N1c1cc(Cl)cc(Cl)c1. The molecule has 4 nitrogen and oxygen atoms in total. The zero-order valence-corrected chi connectivity index (χ0v) is 18.6. The maximum atomic E-state index is 13.3. The molecule has 142 valence electrons. The van der Waals surface area contributed by atoms with Gasteiger partial charge in [-0.15, -0.1) is 0 Å². The van der Waals surface area contributed by atoms with Gasteiger partial charge in [-0.3, -0.25) is 13.9 Å². The van der Waals surface area contributed by atoms with Gasteiger partial charge in [-0.2, -0.15) is 0 Å². The van der Waals surface area contributed by atoms with Crippen LogP contribution in [0.1, 0.15) is 19.4 Å². The predicted molar refractivity (Wildman–Crippen MR) is 116 cm³/mol. The van der Waals surface area contributed by atoms with Gasteiger partial charge in [-0.1, -0.05) is 58.2 Å². The number of amidine groups is 1. The smallest absolute Gasteiger partial charge is 0.261 e. The Morgan fingerprint density at radius 3 is 2.30 bits per heavy atom. The van der Waals surface area contributed by atoms with E-state index in [4.69, 9.17) is 23.2 Å². The fourth-order valence-corrected chi connectivity index (χ4v) is 4.66. The number of carbonyl (C=O) groups excluding carboxylic acids is 1. The van der Waals surface area contributed by atoms with E-state index in [1.165, 1.54) is 4.90 Å². The Bertz CT molecular complexity index is 929. The highest BCUT2D eigenvalue weighted by molar-refractivity contribution is 9.10. The molecule has 27 heavy (non-hydrogen) atoms. The van der Waals surface area contributed by atoms with E-state index in [-0.39, 0.29) is 11.1 Å². The van der Waals surface area contributed by atoms with Crippen LogP contribution in [0.2, 0.25) is 10.0 Å². The Balaban J connectivity index is 2.04. The molecule has 2 atom stereocenters. The van der Waals surface area contributed by atoms with Gasteiger partial charge in [-0.05, 0) is 42.8 Å². The molecule has 1 amide bonds. The third-order valence-electron chi connectivity index (χ3n) is 4.23. The topological polar surface area (TPSA) is 49.7 Å². The average molecular weight is 488 g/mol. The van der Waals surface area contributed by atoms with Crippen molar-refractivity contribution in [1.82, 2.24) is 0 Å². The van der Waals surface area contributed by atoms with Crippen molar-refractivity contribution in [2.45, 2.75) is 25.8 Å². The van der Waals surface area contributed by atoms with Crippen molar-refractivity contribution < 1.29 is 9.00 Å². The molecule has 0 saturated heterocycles. The van der Waals surface area contributed by atoms with Gasteiger partial charge in [0.2, 0.25) is 5.17 Å². The molecule has 0 radical (unpaired) electrons. The van der Waals surface area contributed by atoms with Crippen LogP contribution in [0.3, 0.4) is 0 Å². The normalized spacial score (nSPS) is 20.7. The lowest BCUT2D eigenvalue weighted by Gasteiger charge is -2.23. The third kappa shape index (κ3) is 4.29. The summed E-state index contributed by atoms with van der Waals surface area (Å²) in [6.07, 6.45) is 0.397. The van der Waals surface area contributed by atoms with Crippen LogP contribution in [0, 0.1) is 0 Å². The van der Waals surface area contributed by atoms with Gasteiger partial charge < -0.3 is 0 Å². The Labute approximate surface area is 179 Å². The predicted octanol–water partition coefficient (Wildman–Crippen LogP) is 5.23. The highest BCUT2D eigenvalue weighted by Gasteiger charge is 2.47. The average Bonchev–Trinajstić information content (AvgIpc) is 2.87. The van der Waals surface area contributed by atoms with Crippen molar-refractivity contribution in [2.24, 2.45) is 4.99 Å². The van der Waals surface area contributed by atoms with Gasteiger partial charge in [0, 0.05) is 26.7 Å². The standard InChI is InChI=1S/C19H17BrCl2N2O2S/c1-3-27(26)18-23-19(2,11-12-4-6-13(20)7-5-12)17(25)24(18)16-9-14(21)8-15(22)10-16/h4-10H,3,11H2,1-2H3/t19-,27?/m1/s1. The second-order valence-electron chi connectivity index (χ2n) is 6.37. The van der Waals surface area contributed by atoms with Crippen molar-refractivity contribution in [1.29, 1.82) is 0 Å². The molecule has 1 unspecified atom stereocenters. The van der Waals surface area contributed by atoms with E-state index < -0.39 is 16.3 Å². The number of hydrogen-bond acceptors (Lipinski definition) is 3. The molecule has 0 spiro atoms. The number of rotatable bonds is 4. The first-order chi connectivity index (χ1) is 12.7.